The molecule has 1 atom stereocenters. The number of thioether (sulfide) groups is 1. The fourth-order valence-electron chi connectivity index (χ4n) is 2.12. The van der Waals surface area contributed by atoms with Crippen LogP contribution < -0.4 is 4.74 Å². The van der Waals surface area contributed by atoms with E-state index in [1.54, 1.807) is 11.8 Å². The SMILES string of the molecule is CC(C)(C)N=NC(C)(CCCOC(=O)O)Oc1ccc(SC(C)(C)C)cc1. The molecule has 0 saturated heterocycles. The van der Waals surface area contributed by atoms with E-state index in [-0.39, 0.29) is 16.9 Å². The summed E-state index contributed by atoms with van der Waals surface area (Å²) in [7, 11) is 0. The molecule has 0 amide bonds. The van der Waals surface area contributed by atoms with Gasteiger partial charge in [0.2, 0.25) is 5.72 Å². The van der Waals surface area contributed by atoms with Crippen LogP contribution in [0.15, 0.2) is 39.4 Å². The van der Waals surface area contributed by atoms with Crippen molar-refractivity contribution in [1.29, 1.82) is 0 Å². The van der Waals surface area contributed by atoms with Gasteiger partial charge < -0.3 is 14.6 Å². The molecule has 6 nitrogen and oxygen atoms in total. The highest BCUT2D eigenvalue weighted by Gasteiger charge is 2.27. The molecule has 0 saturated carbocycles. The van der Waals surface area contributed by atoms with Crippen molar-refractivity contribution in [2.24, 2.45) is 10.2 Å². The van der Waals surface area contributed by atoms with E-state index in [4.69, 9.17) is 9.84 Å². The first-order valence-corrected chi connectivity index (χ1v) is 9.88. The van der Waals surface area contributed by atoms with Gasteiger partial charge in [0.15, 0.2) is 0 Å². The van der Waals surface area contributed by atoms with Crippen molar-refractivity contribution in [2.45, 2.75) is 82.2 Å². The summed E-state index contributed by atoms with van der Waals surface area (Å²) < 4.78 is 10.8. The van der Waals surface area contributed by atoms with E-state index in [0.29, 0.717) is 18.6 Å². The highest BCUT2D eigenvalue weighted by atomic mass is 32.2. The smallest absolute Gasteiger partial charge is 0.465 e. The van der Waals surface area contributed by atoms with Gasteiger partial charge >= 0.3 is 6.16 Å². The molecule has 1 aromatic carbocycles. The first-order valence-electron chi connectivity index (χ1n) is 9.06. The lowest BCUT2D eigenvalue weighted by atomic mass is 10.1. The molecule has 0 aromatic heterocycles. The average molecular weight is 397 g/mol. The molecule has 0 aliphatic carbocycles. The van der Waals surface area contributed by atoms with Crippen molar-refractivity contribution in [3.8, 4) is 5.75 Å². The molecule has 0 spiro atoms. The Morgan fingerprint density at radius 3 is 2.11 bits per heavy atom. The molecule has 27 heavy (non-hydrogen) atoms. The van der Waals surface area contributed by atoms with Gasteiger partial charge in [-0.3, -0.25) is 0 Å². The molecule has 1 rings (SSSR count). The molecule has 0 bridgehead atoms. The minimum Gasteiger partial charge on any atom is -0.465 e. The number of ether oxygens (including phenoxy) is 2. The zero-order chi connectivity index (χ0) is 20.7. The Hall–Kier alpha value is -1.76. The summed E-state index contributed by atoms with van der Waals surface area (Å²) in [5.41, 5.74) is -1.22. The molecular formula is C20H32N2O4S. The largest absolute Gasteiger partial charge is 0.505 e. The van der Waals surface area contributed by atoms with E-state index in [9.17, 15) is 4.79 Å². The second kappa shape index (κ2) is 9.44. The fourth-order valence-corrected chi connectivity index (χ4v) is 3.10. The highest BCUT2D eigenvalue weighted by molar-refractivity contribution is 8.00. The first-order chi connectivity index (χ1) is 12.3. The Balaban J connectivity index is 2.85. The third-order valence-corrected chi connectivity index (χ3v) is 4.28. The monoisotopic (exact) mass is 396 g/mol. The van der Waals surface area contributed by atoms with Crippen LogP contribution in [0.4, 0.5) is 4.79 Å². The van der Waals surface area contributed by atoms with Crippen molar-refractivity contribution < 1.29 is 19.4 Å². The Bertz CT molecular complexity index is 633. The van der Waals surface area contributed by atoms with Crippen molar-refractivity contribution in [1.82, 2.24) is 0 Å². The fraction of sp³-hybridized carbons (Fsp3) is 0.650. The summed E-state index contributed by atoms with van der Waals surface area (Å²) in [5.74, 6) is 0.697. The highest BCUT2D eigenvalue weighted by Crippen LogP contribution is 2.33. The number of azo groups is 1. The topological polar surface area (TPSA) is 80.5 Å². The number of hydrogen-bond donors (Lipinski definition) is 1. The van der Waals surface area contributed by atoms with E-state index in [2.05, 4.69) is 35.7 Å². The summed E-state index contributed by atoms with van der Waals surface area (Å²) in [6.45, 7) is 14.3. The number of rotatable bonds is 8. The van der Waals surface area contributed by atoms with Gasteiger partial charge in [0, 0.05) is 16.1 Å². The molecule has 0 aliphatic rings. The van der Waals surface area contributed by atoms with Crippen LogP contribution in [-0.4, -0.2) is 33.9 Å². The Morgan fingerprint density at radius 2 is 1.63 bits per heavy atom. The predicted octanol–water partition coefficient (Wildman–Crippen LogP) is 6.40. The molecule has 1 N–H and O–H groups in total. The normalized spacial score (nSPS) is 14.8. The Kier molecular flexibility index (Phi) is 8.14. The lowest BCUT2D eigenvalue weighted by molar-refractivity contribution is 0.0556. The molecular weight excluding hydrogens is 364 g/mol. The summed E-state index contributed by atoms with van der Waals surface area (Å²) in [6, 6.07) is 7.90. The first kappa shape index (κ1) is 23.3. The molecule has 0 fully saturated rings. The number of hydrogen-bond acceptors (Lipinski definition) is 6. The van der Waals surface area contributed by atoms with Crippen LogP contribution in [0.25, 0.3) is 0 Å². The van der Waals surface area contributed by atoms with Gasteiger partial charge in [0.25, 0.3) is 0 Å². The molecule has 0 radical (unpaired) electrons. The summed E-state index contributed by atoms with van der Waals surface area (Å²) in [5, 5.41) is 17.4. The lowest BCUT2D eigenvalue weighted by Gasteiger charge is -2.27. The quantitative estimate of drug-likeness (QED) is 0.238. The van der Waals surface area contributed by atoms with Crippen LogP contribution in [0, 0.1) is 0 Å². The molecule has 0 aliphatic heterocycles. The third kappa shape index (κ3) is 10.9. The van der Waals surface area contributed by atoms with E-state index in [0.717, 1.165) is 0 Å². The number of nitrogens with zero attached hydrogens (tertiary/aromatic N) is 2. The van der Waals surface area contributed by atoms with E-state index in [1.165, 1.54) is 4.90 Å². The van der Waals surface area contributed by atoms with Crippen LogP contribution >= 0.6 is 11.8 Å². The molecule has 1 aromatic rings. The van der Waals surface area contributed by atoms with Crippen LogP contribution in [-0.2, 0) is 4.74 Å². The number of carbonyl (C=O) groups is 1. The van der Waals surface area contributed by atoms with Gasteiger partial charge in [-0.15, -0.1) is 16.9 Å². The molecule has 1 unspecified atom stereocenters. The summed E-state index contributed by atoms with van der Waals surface area (Å²) in [4.78, 5) is 11.7. The maximum absolute atomic E-state index is 10.5. The van der Waals surface area contributed by atoms with Crippen molar-refractivity contribution >= 4 is 17.9 Å². The number of benzene rings is 1. The number of carboxylic acid groups (broad SMARTS) is 1. The van der Waals surface area contributed by atoms with Crippen molar-refractivity contribution in [3.63, 3.8) is 0 Å². The van der Waals surface area contributed by atoms with Gasteiger partial charge in [-0.1, -0.05) is 20.8 Å². The molecule has 152 valence electrons. The van der Waals surface area contributed by atoms with Crippen molar-refractivity contribution in [2.75, 3.05) is 6.61 Å². The minimum atomic E-state index is -1.28. The van der Waals surface area contributed by atoms with Crippen LogP contribution in [0.1, 0.15) is 61.3 Å². The Morgan fingerprint density at radius 1 is 1.04 bits per heavy atom. The van der Waals surface area contributed by atoms with E-state index >= 15 is 0 Å². The van der Waals surface area contributed by atoms with Gasteiger partial charge in [-0.05, 0) is 58.4 Å². The van der Waals surface area contributed by atoms with Gasteiger partial charge in [-0.25, -0.2) is 4.79 Å². The maximum atomic E-state index is 10.5. The van der Waals surface area contributed by atoms with Crippen LogP contribution in [0.5, 0.6) is 5.75 Å². The second-order valence-corrected chi connectivity index (χ2v) is 10.5. The van der Waals surface area contributed by atoms with E-state index < -0.39 is 11.9 Å². The molecule has 7 heteroatoms. The maximum Gasteiger partial charge on any atom is 0.505 e. The standard InChI is InChI=1S/C20H32N2O4S/c1-18(2,3)21-22-20(7,13-8-14-25-17(23)24)26-15-9-11-16(12-10-15)27-19(4,5)6/h9-12H,8,13-14H2,1-7H3,(H,23,24). The van der Waals surface area contributed by atoms with Crippen molar-refractivity contribution in [3.05, 3.63) is 24.3 Å². The Labute approximate surface area is 166 Å². The third-order valence-electron chi connectivity index (χ3n) is 3.16. The zero-order valence-electron chi connectivity index (χ0n) is 17.4. The average Bonchev–Trinajstić information content (AvgIpc) is 2.50. The zero-order valence-corrected chi connectivity index (χ0v) is 18.2. The lowest BCUT2D eigenvalue weighted by Crippen LogP contribution is -2.31. The summed E-state index contributed by atoms with van der Waals surface area (Å²) >= 11 is 1.79. The van der Waals surface area contributed by atoms with E-state index in [1.807, 2.05) is 52.0 Å². The van der Waals surface area contributed by atoms with Gasteiger partial charge in [0.1, 0.15) is 5.75 Å². The predicted molar refractivity (Wildman–Crippen MR) is 109 cm³/mol. The van der Waals surface area contributed by atoms with Gasteiger partial charge in [-0.2, -0.15) is 5.11 Å². The second-order valence-electron chi connectivity index (χ2n) is 8.55. The minimum absolute atomic E-state index is 0.0977. The van der Waals surface area contributed by atoms with Crippen LogP contribution in [0.3, 0.4) is 0 Å². The van der Waals surface area contributed by atoms with Gasteiger partial charge in [0.05, 0.1) is 12.1 Å². The summed E-state index contributed by atoms with van der Waals surface area (Å²) in [6.07, 6.45) is -0.302. The molecule has 0 heterocycles. The van der Waals surface area contributed by atoms with Crippen LogP contribution in [0.2, 0.25) is 0 Å².